The average molecular weight is 464 g/mol. The second-order valence-corrected chi connectivity index (χ2v) is 9.46. The second-order valence-electron chi connectivity index (χ2n) is 9.46. The number of benzene rings is 1. The molecule has 2 aromatic heterocycles. The van der Waals surface area contributed by atoms with E-state index in [-0.39, 0.29) is 17.8 Å². The first-order chi connectivity index (χ1) is 16.4. The summed E-state index contributed by atoms with van der Waals surface area (Å²) in [6.07, 6.45) is 5.66. The van der Waals surface area contributed by atoms with Crippen LogP contribution in [0.2, 0.25) is 0 Å². The minimum absolute atomic E-state index is 0.0409. The lowest BCUT2D eigenvalue weighted by Gasteiger charge is -2.23. The summed E-state index contributed by atoms with van der Waals surface area (Å²) in [6.45, 7) is 8.08. The highest BCUT2D eigenvalue weighted by molar-refractivity contribution is 5.96. The van der Waals surface area contributed by atoms with E-state index in [4.69, 9.17) is 5.73 Å². The lowest BCUT2D eigenvalue weighted by Crippen LogP contribution is -2.34. The molecule has 0 saturated carbocycles. The number of rotatable bonds is 6. The number of carbonyl (C=O) groups is 1. The lowest BCUT2D eigenvalue weighted by atomic mass is 10.0. The maximum absolute atomic E-state index is 13.5. The van der Waals surface area contributed by atoms with Gasteiger partial charge in [0.1, 0.15) is 5.82 Å². The van der Waals surface area contributed by atoms with Gasteiger partial charge in [-0.3, -0.25) is 9.78 Å². The summed E-state index contributed by atoms with van der Waals surface area (Å²) < 4.78 is 15.2. The van der Waals surface area contributed by atoms with Crippen molar-refractivity contribution in [1.29, 1.82) is 0 Å². The highest BCUT2D eigenvalue weighted by Crippen LogP contribution is 2.33. The van der Waals surface area contributed by atoms with Crippen molar-refractivity contribution in [2.45, 2.75) is 26.3 Å². The minimum atomic E-state index is -0.249. The number of hydrogen-bond donors (Lipinski definition) is 1. The van der Waals surface area contributed by atoms with Crippen LogP contribution in [-0.2, 0) is 0 Å². The van der Waals surface area contributed by atoms with E-state index in [0.29, 0.717) is 28.9 Å². The Hall–Kier alpha value is -3.17. The first-order valence-electron chi connectivity index (χ1n) is 11.8. The van der Waals surface area contributed by atoms with Crippen molar-refractivity contribution in [3.05, 3.63) is 71.2 Å². The van der Waals surface area contributed by atoms with Gasteiger partial charge < -0.3 is 15.5 Å². The molecule has 2 N–H and O–H groups in total. The van der Waals surface area contributed by atoms with Gasteiger partial charge in [0.2, 0.25) is 0 Å². The van der Waals surface area contributed by atoms with Crippen molar-refractivity contribution >= 4 is 5.91 Å². The third-order valence-corrected chi connectivity index (χ3v) is 7.15. The Morgan fingerprint density at radius 1 is 1.18 bits per heavy atom. The predicted molar refractivity (Wildman–Crippen MR) is 126 cm³/mol. The second kappa shape index (κ2) is 9.23. The van der Waals surface area contributed by atoms with Gasteiger partial charge in [0.25, 0.3) is 5.91 Å². The van der Waals surface area contributed by atoms with Crippen LogP contribution in [-0.4, -0.2) is 68.2 Å². The number of halogens is 1. The average Bonchev–Trinajstić information content (AvgIpc) is 3.49. The smallest absolute Gasteiger partial charge is 0.257 e. The van der Waals surface area contributed by atoms with Crippen LogP contribution in [0.25, 0.3) is 5.82 Å². The van der Waals surface area contributed by atoms with Crippen LogP contribution in [0.1, 0.15) is 39.8 Å². The Morgan fingerprint density at radius 3 is 2.62 bits per heavy atom. The Kier molecular flexibility index (Phi) is 6.14. The van der Waals surface area contributed by atoms with Gasteiger partial charge in [0, 0.05) is 44.6 Å². The van der Waals surface area contributed by atoms with E-state index in [2.05, 4.69) is 20.0 Å². The fourth-order valence-corrected chi connectivity index (χ4v) is 5.40. The van der Waals surface area contributed by atoms with Crippen LogP contribution in [0.3, 0.4) is 0 Å². The highest BCUT2D eigenvalue weighted by Gasteiger charge is 2.42. The maximum Gasteiger partial charge on any atom is 0.257 e. The number of likely N-dealkylation sites (tertiary alicyclic amines) is 2. The first kappa shape index (κ1) is 22.6. The number of nitrogens with zero attached hydrogens (tertiary/aromatic N) is 6. The van der Waals surface area contributed by atoms with Gasteiger partial charge in [-0.2, -0.15) is 5.10 Å². The number of amides is 1. The summed E-state index contributed by atoms with van der Waals surface area (Å²) in [5.74, 6) is 1.32. The van der Waals surface area contributed by atoms with Gasteiger partial charge in [-0.15, -0.1) is 0 Å². The van der Waals surface area contributed by atoms with Crippen LogP contribution >= 0.6 is 0 Å². The number of carbonyl (C=O) groups excluding carboxylic acids is 1. The van der Waals surface area contributed by atoms with Crippen molar-refractivity contribution in [2.75, 3.05) is 32.7 Å². The zero-order valence-electron chi connectivity index (χ0n) is 19.6. The minimum Gasteiger partial charge on any atom is -0.338 e. The van der Waals surface area contributed by atoms with Gasteiger partial charge in [-0.25, -0.2) is 14.1 Å². The number of aryl methyl sites for hydroxylation is 1. The van der Waals surface area contributed by atoms with E-state index in [1.54, 1.807) is 29.3 Å². The van der Waals surface area contributed by atoms with Gasteiger partial charge >= 0.3 is 0 Å². The van der Waals surface area contributed by atoms with E-state index in [9.17, 15) is 9.18 Å². The monoisotopic (exact) mass is 463 g/mol. The fraction of sp³-hybridized carbons (Fsp3) is 0.440. The molecule has 1 aromatic carbocycles. The molecule has 2 fully saturated rings. The predicted octanol–water partition coefficient (Wildman–Crippen LogP) is 2.51. The third-order valence-electron chi connectivity index (χ3n) is 7.15. The summed E-state index contributed by atoms with van der Waals surface area (Å²) in [5, 5.41) is 4.55. The van der Waals surface area contributed by atoms with Crippen molar-refractivity contribution < 1.29 is 9.18 Å². The topological polar surface area (TPSA) is 93.2 Å². The highest BCUT2D eigenvalue weighted by atomic mass is 19.1. The molecule has 3 atom stereocenters. The fourth-order valence-electron chi connectivity index (χ4n) is 5.40. The first-order valence-corrected chi connectivity index (χ1v) is 11.8. The molecule has 0 bridgehead atoms. The zero-order valence-corrected chi connectivity index (χ0v) is 19.6. The van der Waals surface area contributed by atoms with Gasteiger partial charge in [-0.1, -0.05) is 12.1 Å². The Balaban J connectivity index is 1.19. The number of nitrogens with two attached hydrogens (primary N) is 1. The molecule has 0 aliphatic carbocycles. The number of hydrogen-bond acceptors (Lipinski definition) is 6. The summed E-state index contributed by atoms with van der Waals surface area (Å²) in [7, 11) is 0. The molecule has 3 aromatic rings. The van der Waals surface area contributed by atoms with E-state index in [0.717, 1.165) is 50.4 Å². The van der Waals surface area contributed by atoms with Crippen molar-refractivity contribution in [3.63, 3.8) is 0 Å². The van der Waals surface area contributed by atoms with Crippen molar-refractivity contribution in [1.82, 2.24) is 29.5 Å². The molecule has 2 aliphatic rings. The summed E-state index contributed by atoms with van der Waals surface area (Å²) in [6, 6.07) is 6.37. The summed E-state index contributed by atoms with van der Waals surface area (Å²) in [5.41, 5.74) is 9.28. The Bertz CT molecular complexity index is 1170. The molecule has 2 aliphatic heterocycles. The molecular formula is C25H30FN7O. The molecule has 0 spiro atoms. The summed E-state index contributed by atoms with van der Waals surface area (Å²) >= 11 is 0. The molecule has 2 saturated heterocycles. The molecule has 34 heavy (non-hydrogen) atoms. The molecule has 5 rings (SSSR count). The standard InChI is InChI=1S/C25H30FN7O/c1-16-24(17(2)33(30-16)23-11-28-7-8-29-23)25(34)32-14-19-12-31(13-20(19)15-32)9-6-22(27)18-4-3-5-21(26)10-18/h3-5,7-8,10-11,19-20,22H,6,9,12-15,27H2,1-2H3/t19?,20?,22-/m0/s1. The third kappa shape index (κ3) is 4.33. The molecule has 2 unspecified atom stereocenters. The number of aromatic nitrogens is 4. The van der Waals surface area contributed by atoms with Crippen LogP contribution < -0.4 is 5.73 Å². The van der Waals surface area contributed by atoms with Gasteiger partial charge in [-0.05, 0) is 56.3 Å². The molecule has 1 amide bonds. The normalized spacial score (nSPS) is 21.1. The van der Waals surface area contributed by atoms with Crippen LogP contribution in [0.4, 0.5) is 4.39 Å². The Morgan fingerprint density at radius 2 is 1.94 bits per heavy atom. The quantitative estimate of drug-likeness (QED) is 0.604. The molecule has 9 heteroatoms. The molecule has 0 radical (unpaired) electrons. The van der Waals surface area contributed by atoms with E-state index in [1.165, 1.54) is 12.1 Å². The van der Waals surface area contributed by atoms with Crippen LogP contribution in [0.5, 0.6) is 0 Å². The number of fused-ring (bicyclic) bond motifs is 1. The van der Waals surface area contributed by atoms with Crippen molar-refractivity contribution in [3.8, 4) is 5.82 Å². The van der Waals surface area contributed by atoms with E-state index >= 15 is 0 Å². The zero-order chi connectivity index (χ0) is 23.8. The Labute approximate surface area is 198 Å². The van der Waals surface area contributed by atoms with Crippen LogP contribution in [0, 0.1) is 31.5 Å². The van der Waals surface area contributed by atoms with Crippen LogP contribution in [0.15, 0.2) is 42.9 Å². The maximum atomic E-state index is 13.5. The summed E-state index contributed by atoms with van der Waals surface area (Å²) in [4.78, 5) is 26.2. The van der Waals surface area contributed by atoms with E-state index in [1.807, 2.05) is 24.8 Å². The molecule has 4 heterocycles. The van der Waals surface area contributed by atoms with Gasteiger partial charge in [0.05, 0.1) is 23.1 Å². The van der Waals surface area contributed by atoms with E-state index < -0.39 is 0 Å². The largest absolute Gasteiger partial charge is 0.338 e. The molecular weight excluding hydrogens is 433 g/mol. The lowest BCUT2D eigenvalue weighted by molar-refractivity contribution is 0.0772. The van der Waals surface area contributed by atoms with Gasteiger partial charge in [0.15, 0.2) is 5.82 Å². The molecule has 8 nitrogen and oxygen atoms in total. The van der Waals surface area contributed by atoms with Crippen molar-refractivity contribution in [2.24, 2.45) is 17.6 Å². The molecule has 178 valence electrons. The SMILES string of the molecule is Cc1nn(-c2cnccn2)c(C)c1C(=O)N1CC2CN(CC[C@H](N)c3cccc(F)c3)CC2C1.